The van der Waals surface area contributed by atoms with Crippen LogP contribution in [0.25, 0.3) is 10.1 Å². The SMILES string of the molecule is CN(C(=O)c1cc2cc(N)ccc2s1)c1ccc(O)cc1. The van der Waals surface area contributed by atoms with Crippen LogP contribution >= 0.6 is 11.3 Å². The lowest BCUT2D eigenvalue weighted by atomic mass is 10.2. The molecule has 4 nitrogen and oxygen atoms in total. The van der Waals surface area contributed by atoms with Gasteiger partial charge < -0.3 is 15.7 Å². The van der Waals surface area contributed by atoms with Crippen molar-refractivity contribution in [3.8, 4) is 5.75 Å². The van der Waals surface area contributed by atoms with Crippen molar-refractivity contribution in [2.45, 2.75) is 0 Å². The Morgan fingerprint density at radius 2 is 1.86 bits per heavy atom. The topological polar surface area (TPSA) is 66.6 Å². The number of carbonyl (C=O) groups is 1. The van der Waals surface area contributed by atoms with Crippen LogP contribution in [0.1, 0.15) is 9.67 Å². The average Bonchev–Trinajstić information content (AvgIpc) is 2.89. The number of phenols is 1. The molecule has 1 amide bonds. The maximum absolute atomic E-state index is 12.5. The lowest BCUT2D eigenvalue weighted by Gasteiger charge is -2.16. The van der Waals surface area contributed by atoms with Crippen molar-refractivity contribution in [1.82, 2.24) is 0 Å². The minimum Gasteiger partial charge on any atom is -0.508 e. The highest BCUT2D eigenvalue weighted by molar-refractivity contribution is 7.20. The van der Waals surface area contributed by atoms with E-state index in [4.69, 9.17) is 5.73 Å². The van der Waals surface area contributed by atoms with Gasteiger partial charge in [0, 0.05) is 23.1 Å². The molecule has 0 radical (unpaired) electrons. The second-order valence-electron chi connectivity index (χ2n) is 4.79. The number of hydrogen-bond donors (Lipinski definition) is 2. The highest BCUT2D eigenvalue weighted by Crippen LogP contribution is 2.29. The summed E-state index contributed by atoms with van der Waals surface area (Å²) in [6.07, 6.45) is 0. The Bertz CT molecular complexity index is 809. The summed E-state index contributed by atoms with van der Waals surface area (Å²) in [5, 5.41) is 10.3. The van der Waals surface area contributed by atoms with Crippen molar-refractivity contribution in [2.75, 3.05) is 17.7 Å². The van der Waals surface area contributed by atoms with E-state index in [-0.39, 0.29) is 11.7 Å². The lowest BCUT2D eigenvalue weighted by molar-refractivity contribution is 0.0997. The fourth-order valence-electron chi connectivity index (χ4n) is 2.13. The van der Waals surface area contributed by atoms with E-state index >= 15 is 0 Å². The fourth-order valence-corrected chi connectivity index (χ4v) is 3.14. The van der Waals surface area contributed by atoms with E-state index in [1.807, 2.05) is 24.3 Å². The number of aromatic hydroxyl groups is 1. The van der Waals surface area contributed by atoms with Crippen molar-refractivity contribution < 1.29 is 9.90 Å². The van der Waals surface area contributed by atoms with Gasteiger partial charge in [0.2, 0.25) is 0 Å². The zero-order valence-corrected chi connectivity index (χ0v) is 12.2. The molecule has 3 N–H and O–H groups in total. The van der Waals surface area contributed by atoms with Gasteiger partial charge in [-0.1, -0.05) is 0 Å². The second kappa shape index (κ2) is 5.10. The molecule has 0 spiro atoms. The van der Waals surface area contributed by atoms with Gasteiger partial charge in [0.15, 0.2) is 0 Å². The number of fused-ring (bicyclic) bond motifs is 1. The molecular weight excluding hydrogens is 284 g/mol. The number of hydrogen-bond acceptors (Lipinski definition) is 4. The Hall–Kier alpha value is -2.53. The summed E-state index contributed by atoms with van der Waals surface area (Å²) >= 11 is 1.44. The Labute approximate surface area is 126 Å². The van der Waals surface area contributed by atoms with Crippen LogP contribution < -0.4 is 10.6 Å². The van der Waals surface area contributed by atoms with Crippen molar-refractivity contribution in [2.24, 2.45) is 0 Å². The predicted molar refractivity (Wildman–Crippen MR) is 87.1 cm³/mol. The molecule has 0 unspecified atom stereocenters. The molecule has 0 atom stereocenters. The van der Waals surface area contributed by atoms with Gasteiger partial charge in [-0.25, -0.2) is 0 Å². The first-order chi connectivity index (χ1) is 10.0. The largest absolute Gasteiger partial charge is 0.508 e. The van der Waals surface area contributed by atoms with Gasteiger partial charge in [-0.2, -0.15) is 0 Å². The summed E-state index contributed by atoms with van der Waals surface area (Å²) in [5.41, 5.74) is 7.18. The van der Waals surface area contributed by atoms with E-state index in [0.29, 0.717) is 10.6 Å². The summed E-state index contributed by atoms with van der Waals surface area (Å²) in [6.45, 7) is 0. The minimum absolute atomic E-state index is 0.0829. The Kier molecular flexibility index (Phi) is 3.27. The van der Waals surface area contributed by atoms with Crippen LogP contribution in [0, 0.1) is 0 Å². The normalized spacial score (nSPS) is 10.7. The average molecular weight is 298 g/mol. The molecule has 2 aromatic carbocycles. The smallest absolute Gasteiger partial charge is 0.268 e. The van der Waals surface area contributed by atoms with Gasteiger partial charge in [0.25, 0.3) is 5.91 Å². The third-order valence-electron chi connectivity index (χ3n) is 3.29. The van der Waals surface area contributed by atoms with Gasteiger partial charge in [-0.15, -0.1) is 11.3 Å². The molecule has 21 heavy (non-hydrogen) atoms. The number of nitrogens with two attached hydrogens (primary N) is 1. The maximum Gasteiger partial charge on any atom is 0.268 e. The molecule has 106 valence electrons. The summed E-state index contributed by atoms with van der Waals surface area (Å²) in [4.78, 5) is 14.7. The quantitative estimate of drug-likeness (QED) is 0.712. The third kappa shape index (κ3) is 2.55. The molecule has 5 heteroatoms. The second-order valence-corrected chi connectivity index (χ2v) is 5.87. The molecule has 0 saturated carbocycles. The van der Waals surface area contributed by atoms with E-state index in [1.165, 1.54) is 11.3 Å². The third-order valence-corrected chi connectivity index (χ3v) is 4.40. The summed E-state index contributed by atoms with van der Waals surface area (Å²) in [7, 11) is 1.72. The zero-order chi connectivity index (χ0) is 15.0. The van der Waals surface area contributed by atoms with Gasteiger partial charge in [0.05, 0.1) is 4.88 Å². The predicted octanol–water partition coefficient (Wildman–Crippen LogP) is 3.47. The van der Waals surface area contributed by atoms with Gasteiger partial charge in [-0.05, 0) is 53.9 Å². The number of benzene rings is 2. The number of nitrogen functional groups attached to an aromatic ring is 1. The number of nitrogens with zero attached hydrogens (tertiary/aromatic N) is 1. The first-order valence-corrected chi connectivity index (χ1v) is 7.22. The van der Waals surface area contributed by atoms with Crippen LogP contribution in [0.5, 0.6) is 5.75 Å². The molecule has 0 aliphatic heterocycles. The van der Waals surface area contributed by atoms with Crippen LogP contribution in [-0.2, 0) is 0 Å². The van der Waals surface area contributed by atoms with E-state index in [2.05, 4.69) is 0 Å². The maximum atomic E-state index is 12.5. The van der Waals surface area contributed by atoms with E-state index in [0.717, 1.165) is 15.8 Å². The Morgan fingerprint density at radius 1 is 1.14 bits per heavy atom. The first-order valence-electron chi connectivity index (χ1n) is 6.41. The number of anilines is 2. The van der Waals surface area contributed by atoms with Gasteiger partial charge >= 0.3 is 0 Å². The number of rotatable bonds is 2. The van der Waals surface area contributed by atoms with Crippen molar-refractivity contribution in [3.05, 3.63) is 53.4 Å². The van der Waals surface area contributed by atoms with Crippen molar-refractivity contribution in [3.63, 3.8) is 0 Å². The molecule has 0 bridgehead atoms. The molecule has 0 fully saturated rings. The van der Waals surface area contributed by atoms with Crippen LogP contribution in [0.2, 0.25) is 0 Å². The van der Waals surface area contributed by atoms with E-state index in [9.17, 15) is 9.90 Å². The van der Waals surface area contributed by atoms with Gasteiger partial charge in [-0.3, -0.25) is 4.79 Å². The molecule has 1 heterocycles. The summed E-state index contributed by atoms with van der Waals surface area (Å²) < 4.78 is 1.03. The van der Waals surface area contributed by atoms with Crippen LogP contribution in [0.15, 0.2) is 48.5 Å². The standard InChI is InChI=1S/C16H14N2O2S/c1-18(12-3-5-13(19)6-4-12)16(20)15-9-10-8-11(17)2-7-14(10)21-15/h2-9,19H,17H2,1H3. The lowest BCUT2D eigenvalue weighted by Crippen LogP contribution is -2.25. The zero-order valence-electron chi connectivity index (χ0n) is 11.4. The number of thiophene rings is 1. The molecule has 1 aromatic heterocycles. The first kappa shape index (κ1) is 13.5. The molecule has 3 rings (SSSR count). The number of phenolic OH excluding ortho intramolecular Hbond substituents is 1. The molecular formula is C16H14N2O2S. The highest BCUT2D eigenvalue weighted by atomic mass is 32.1. The fraction of sp³-hybridized carbons (Fsp3) is 0.0625. The molecule has 0 aliphatic rings. The van der Waals surface area contributed by atoms with E-state index < -0.39 is 0 Å². The molecule has 3 aromatic rings. The summed E-state index contributed by atoms with van der Waals surface area (Å²) in [6, 6.07) is 14.0. The highest BCUT2D eigenvalue weighted by Gasteiger charge is 2.16. The Morgan fingerprint density at radius 3 is 2.57 bits per heavy atom. The minimum atomic E-state index is -0.0829. The number of amides is 1. The van der Waals surface area contributed by atoms with Crippen molar-refractivity contribution >= 4 is 38.7 Å². The van der Waals surface area contributed by atoms with Crippen molar-refractivity contribution in [1.29, 1.82) is 0 Å². The molecule has 0 saturated heterocycles. The van der Waals surface area contributed by atoms with Gasteiger partial charge in [0.1, 0.15) is 5.75 Å². The van der Waals surface area contributed by atoms with Crippen LogP contribution in [-0.4, -0.2) is 18.1 Å². The van der Waals surface area contributed by atoms with Crippen LogP contribution in [0.3, 0.4) is 0 Å². The monoisotopic (exact) mass is 298 g/mol. The molecule has 0 aliphatic carbocycles. The Balaban J connectivity index is 1.94. The number of carbonyl (C=O) groups excluding carboxylic acids is 1. The van der Waals surface area contributed by atoms with E-state index in [1.54, 1.807) is 36.2 Å². The summed E-state index contributed by atoms with van der Waals surface area (Å²) in [5.74, 6) is 0.0948. The van der Waals surface area contributed by atoms with Crippen LogP contribution in [0.4, 0.5) is 11.4 Å².